The molecule has 0 saturated heterocycles. The van der Waals surface area contributed by atoms with Crippen molar-refractivity contribution in [1.82, 2.24) is 0 Å². The van der Waals surface area contributed by atoms with Gasteiger partial charge in [0.1, 0.15) is 33.5 Å². The van der Waals surface area contributed by atoms with Crippen LogP contribution in [0, 0.1) is 0 Å². The van der Waals surface area contributed by atoms with Crippen LogP contribution in [0.1, 0.15) is 0 Å². The van der Waals surface area contributed by atoms with Gasteiger partial charge in [-0.3, -0.25) is 0 Å². The van der Waals surface area contributed by atoms with Crippen LogP contribution in [0.5, 0.6) is 0 Å². The summed E-state index contributed by atoms with van der Waals surface area (Å²) in [5.74, 6) is 0. The zero-order valence-electron chi connectivity index (χ0n) is 80.2. The zero-order chi connectivity index (χ0) is 96.9. The normalized spacial score (nSPS) is 11.7. The third-order valence-corrected chi connectivity index (χ3v) is 30.3. The van der Waals surface area contributed by atoms with E-state index in [2.05, 4.69) is 516 Å². The summed E-state index contributed by atoms with van der Waals surface area (Å²) in [4.78, 5) is 0. The van der Waals surface area contributed by atoms with E-state index in [9.17, 15) is 0 Å². The molecular weight excluding hydrogens is 1780 g/mol. The van der Waals surface area contributed by atoms with Crippen molar-refractivity contribution in [2.75, 3.05) is 0 Å². The van der Waals surface area contributed by atoms with E-state index in [1.165, 1.54) is 197 Å². The van der Waals surface area contributed by atoms with Gasteiger partial charge in [-0.1, -0.05) is 522 Å². The van der Waals surface area contributed by atoms with Crippen LogP contribution in [-0.4, -0.2) is 0 Å². The van der Waals surface area contributed by atoms with Gasteiger partial charge in [0, 0.05) is 49.0 Å². The monoisotopic (exact) mass is 1870 g/mol. The van der Waals surface area contributed by atoms with Crippen molar-refractivity contribution in [2.45, 2.75) is 0 Å². The lowest BCUT2D eigenvalue weighted by Crippen LogP contribution is -1.94. The van der Waals surface area contributed by atoms with Gasteiger partial charge in [-0.2, -0.15) is 0 Å². The Labute approximate surface area is 849 Å². The summed E-state index contributed by atoms with van der Waals surface area (Å²) in [6.45, 7) is 0. The summed E-state index contributed by atoms with van der Waals surface area (Å²) in [6.07, 6.45) is 0. The first kappa shape index (κ1) is 85.6. The highest BCUT2D eigenvalue weighted by Gasteiger charge is 2.28. The van der Waals surface area contributed by atoms with E-state index < -0.39 is 0 Å². The largest absolute Gasteiger partial charge is 0.455 e. The van der Waals surface area contributed by atoms with E-state index in [0.29, 0.717) is 0 Å². The van der Waals surface area contributed by atoms with Crippen molar-refractivity contribution in [2.24, 2.45) is 0 Å². The second-order valence-corrected chi connectivity index (χ2v) is 38.3. The highest BCUT2D eigenvalue weighted by Crippen LogP contribution is 2.55. The lowest BCUT2D eigenvalue weighted by atomic mass is 9.82. The average Bonchev–Trinajstić information content (AvgIpc) is 1.71. The molecule has 0 aliphatic rings. The standard InChI is InChI=1S/3C48H30O/c1-2-17-32-31(15-1)16-13-27-33(32)34-18-3-5-21-37(34)46-39-23-7-9-25-41(39)47(42-26-10-8-24-40(42)46)38-22-6-4-19-35(38)43-28-14-29-44-36-20-11-12-30-45(36)49-48(43)44;1-2-18-34-31(14-1)15-12-27-36(34)37-19-3-4-21-39(37)47-42-24-7-5-22-40(42)46(41-23-6-8-25-43(41)47)33-17-11-16-32(30-33)35-26-13-28-44-38-20-9-10-29-45(38)49-48(35)44;1-2-15-34-31(13-1)14-11-24-36(34)37-16-3-4-18-39(37)47-42-21-7-5-19-40(42)46(41-20-6-8-22-43(41)47)33-29-27-32(28-30-33)35-23-12-25-44-38-17-9-10-26-45(38)49-48(35)44/h3*1-30H. The minimum absolute atomic E-state index is 0.910. The van der Waals surface area contributed by atoms with Crippen molar-refractivity contribution >= 4 is 163 Å². The topological polar surface area (TPSA) is 39.4 Å². The second kappa shape index (κ2) is 36.0. The van der Waals surface area contributed by atoms with E-state index in [1.54, 1.807) is 0 Å². The first-order chi connectivity index (χ1) is 73.0. The van der Waals surface area contributed by atoms with E-state index in [-0.39, 0.29) is 0 Å². The van der Waals surface area contributed by atoms with Gasteiger partial charge in [0.05, 0.1) is 0 Å². The fourth-order valence-electron chi connectivity index (χ4n) is 23.9. The number of benzene rings is 27. The Balaban J connectivity index is 0.000000107. The van der Waals surface area contributed by atoms with Crippen molar-refractivity contribution in [3.8, 4) is 134 Å². The van der Waals surface area contributed by atoms with Gasteiger partial charge in [0.15, 0.2) is 0 Å². The van der Waals surface area contributed by atoms with Crippen molar-refractivity contribution in [3.05, 3.63) is 546 Å². The van der Waals surface area contributed by atoms with Crippen LogP contribution in [0.4, 0.5) is 0 Å². The van der Waals surface area contributed by atoms with Crippen molar-refractivity contribution < 1.29 is 13.3 Å². The average molecular weight is 1870 g/mol. The number of hydrogen-bond acceptors (Lipinski definition) is 3. The third kappa shape index (κ3) is 14.5. The molecule has 3 heteroatoms. The first-order valence-electron chi connectivity index (χ1n) is 50.6. The van der Waals surface area contributed by atoms with Crippen LogP contribution < -0.4 is 0 Å². The maximum atomic E-state index is 6.57. The van der Waals surface area contributed by atoms with E-state index in [0.717, 1.165) is 99.2 Å². The van der Waals surface area contributed by atoms with Crippen LogP contribution in [0.25, 0.3) is 296 Å². The molecule has 0 spiro atoms. The molecule has 684 valence electrons. The zero-order valence-corrected chi connectivity index (χ0v) is 80.2. The molecule has 27 aromatic carbocycles. The summed E-state index contributed by atoms with van der Waals surface area (Å²) in [5, 5.41) is 29.3. The molecule has 0 N–H and O–H groups in total. The van der Waals surface area contributed by atoms with Gasteiger partial charge < -0.3 is 13.3 Å². The van der Waals surface area contributed by atoms with Gasteiger partial charge in [-0.15, -0.1) is 0 Å². The number of hydrogen-bond donors (Lipinski definition) is 0. The summed E-state index contributed by atoms with van der Waals surface area (Å²) >= 11 is 0. The van der Waals surface area contributed by atoms with Gasteiger partial charge in [-0.25, -0.2) is 0 Å². The molecule has 3 heterocycles. The number of rotatable bonds is 12. The van der Waals surface area contributed by atoms with E-state index >= 15 is 0 Å². The molecule has 0 saturated carbocycles. The lowest BCUT2D eigenvalue weighted by Gasteiger charge is -2.21. The Morgan fingerprint density at radius 2 is 0.286 bits per heavy atom. The SMILES string of the molecule is c1cc(-c2c3ccccc3c(-c3ccccc3-c3cccc4ccccc34)c3ccccc23)cc(-c2cccc3c2oc2ccccc23)c1.c1ccc(-c2c3ccccc3c(-c3ccc(-c4cccc5c4oc4ccccc45)cc3)c3ccccc23)c(-c2cccc3ccccc23)c1.c1ccc(-c2c3ccccc3c(-c3ccccc3-c3cccc4c3oc3ccccc34)c3ccccc23)c(-c2cccc3ccccc23)c1. The molecule has 30 aromatic rings. The van der Waals surface area contributed by atoms with E-state index in [4.69, 9.17) is 13.3 Å². The predicted molar refractivity (Wildman–Crippen MR) is 624 cm³/mol. The molecular formula is C144H90O3. The Morgan fingerprint density at radius 1 is 0.0952 bits per heavy atom. The fraction of sp³-hybridized carbons (Fsp3) is 0. The Morgan fingerprint density at radius 3 is 0.612 bits per heavy atom. The molecule has 0 amide bonds. The minimum Gasteiger partial charge on any atom is -0.455 e. The molecule has 3 aromatic heterocycles. The van der Waals surface area contributed by atoms with Crippen LogP contribution in [-0.2, 0) is 0 Å². The van der Waals surface area contributed by atoms with Crippen LogP contribution in [0.3, 0.4) is 0 Å². The molecule has 0 aliphatic heterocycles. The highest BCUT2D eigenvalue weighted by molar-refractivity contribution is 6.28. The molecule has 0 aliphatic carbocycles. The number of fused-ring (bicyclic) bond motifs is 18. The molecule has 0 fully saturated rings. The molecule has 0 radical (unpaired) electrons. The molecule has 0 atom stereocenters. The predicted octanol–water partition coefficient (Wildman–Crippen LogP) is 41.1. The molecule has 0 unspecified atom stereocenters. The smallest absolute Gasteiger partial charge is 0.143 e. The van der Waals surface area contributed by atoms with Gasteiger partial charge in [0.25, 0.3) is 0 Å². The second-order valence-electron chi connectivity index (χ2n) is 38.3. The fourth-order valence-corrected chi connectivity index (χ4v) is 23.9. The maximum absolute atomic E-state index is 6.57. The minimum atomic E-state index is 0.910. The molecule has 3 nitrogen and oxygen atoms in total. The lowest BCUT2D eigenvalue weighted by molar-refractivity contribution is 0.669. The van der Waals surface area contributed by atoms with Crippen LogP contribution >= 0.6 is 0 Å². The summed E-state index contributed by atoms with van der Waals surface area (Å²) in [7, 11) is 0. The van der Waals surface area contributed by atoms with Crippen LogP contribution in [0.15, 0.2) is 559 Å². The molecule has 0 bridgehead atoms. The highest BCUT2D eigenvalue weighted by atomic mass is 16.3. The summed E-state index contributed by atoms with van der Waals surface area (Å²) < 4.78 is 19.4. The van der Waals surface area contributed by atoms with Crippen molar-refractivity contribution in [3.63, 3.8) is 0 Å². The van der Waals surface area contributed by atoms with Gasteiger partial charge in [-0.05, 0) is 238 Å². The van der Waals surface area contributed by atoms with Crippen LogP contribution in [0.2, 0.25) is 0 Å². The number of para-hydroxylation sites is 6. The van der Waals surface area contributed by atoms with Gasteiger partial charge in [0.2, 0.25) is 0 Å². The Hall–Kier alpha value is -19.3. The Kier molecular flexibility index (Phi) is 21.0. The third-order valence-electron chi connectivity index (χ3n) is 30.3. The first-order valence-corrected chi connectivity index (χ1v) is 50.6. The van der Waals surface area contributed by atoms with Gasteiger partial charge >= 0.3 is 0 Å². The number of furan rings is 3. The molecule has 147 heavy (non-hydrogen) atoms. The van der Waals surface area contributed by atoms with Crippen molar-refractivity contribution in [1.29, 1.82) is 0 Å². The summed E-state index contributed by atoms with van der Waals surface area (Å²) in [6, 6.07) is 197. The summed E-state index contributed by atoms with van der Waals surface area (Å²) in [5.41, 5.74) is 34.6. The Bertz CT molecular complexity index is 10400. The quantitative estimate of drug-likeness (QED) is 0.114. The maximum Gasteiger partial charge on any atom is 0.143 e. The molecule has 30 rings (SSSR count). The van der Waals surface area contributed by atoms with E-state index in [1.807, 2.05) is 30.3 Å².